The van der Waals surface area contributed by atoms with Crippen molar-refractivity contribution in [1.82, 2.24) is 15.0 Å². The molecule has 2 aromatic rings. The van der Waals surface area contributed by atoms with Crippen LogP contribution >= 0.6 is 11.3 Å². The predicted octanol–water partition coefficient (Wildman–Crippen LogP) is 2.32. The Balaban J connectivity index is 1.56. The van der Waals surface area contributed by atoms with Crippen molar-refractivity contribution in [3.05, 3.63) is 29.7 Å². The van der Waals surface area contributed by atoms with E-state index in [1.54, 1.807) is 17.5 Å². The van der Waals surface area contributed by atoms with E-state index in [4.69, 9.17) is 0 Å². The molecule has 0 amide bonds. The number of nitrogens with zero attached hydrogens (tertiary/aromatic N) is 4. The Bertz CT molecular complexity index is 520. The molecular weight excluding hydrogens is 258 g/mol. The summed E-state index contributed by atoms with van der Waals surface area (Å²) in [5.41, 5.74) is 0. The fourth-order valence-corrected chi connectivity index (χ4v) is 3.03. The lowest BCUT2D eigenvalue weighted by molar-refractivity contribution is 0.524. The van der Waals surface area contributed by atoms with Gasteiger partial charge >= 0.3 is 0 Å². The van der Waals surface area contributed by atoms with Crippen molar-refractivity contribution < 1.29 is 0 Å². The summed E-state index contributed by atoms with van der Waals surface area (Å²) in [6, 6.07) is 2.42. The molecule has 0 unspecified atom stereocenters. The van der Waals surface area contributed by atoms with Crippen LogP contribution in [-0.4, -0.2) is 34.1 Å². The van der Waals surface area contributed by atoms with Crippen LogP contribution in [0.25, 0.3) is 0 Å². The largest absolute Gasteiger partial charge is 0.367 e. The van der Waals surface area contributed by atoms with Gasteiger partial charge in [-0.2, -0.15) is 0 Å². The van der Waals surface area contributed by atoms with Gasteiger partial charge in [-0.1, -0.05) is 0 Å². The average molecular weight is 275 g/mol. The minimum atomic E-state index is 0.491. The number of thiazole rings is 1. The first-order valence-electron chi connectivity index (χ1n) is 6.52. The third-order valence-electron chi connectivity index (χ3n) is 3.31. The number of rotatable bonds is 3. The third kappa shape index (κ3) is 3.01. The summed E-state index contributed by atoms with van der Waals surface area (Å²) in [7, 11) is 0. The van der Waals surface area contributed by atoms with E-state index in [0.29, 0.717) is 6.04 Å². The van der Waals surface area contributed by atoms with Crippen LogP contribution in [0.2, 0.25) is 0 Å². The second kappa shape index (κ2) is 5.52. The highest BCUT2D eigenvalue weighted by Crippen LogP contribution is 2.23. The molecule has 1 fully saturated rings. The molecule has 1 saturated heterocycles. The molecule has 19 heavy (non-hydrogen) atoms. The van der Waals surface area contributed by atoms with Gasteiger partial charge in [0.05, 0.1) is 0 Å². The molecule has 5 nitrogen and oxygen atoms in total. The van der Waals surface area contributed by atoms with Crippen molar-refractivity contribution in [2.24, 2.45) is 0 Å². The Morgan fingerprint density at radius 2 is 2.11 bits per heavy atom. The van der Waals surface area contributed by atoms with Crippen LogP contribution in [0, 0.1) is 6.92 Å². The number of nitrogens with one attached hydrogen (secondary N) is 1. The van der Waals surface area contributed by atoms with E-state index in [1.165, 1.54) is 0 Å². The van der Waals surface area contributed by atoms with Gasteiger partial charge in [-0.05, 0) is 25.8 Å². The second-order valence-corrected chi connectivity index (χ2v) is 5.58. The molecule has 0 saturated carbocycles. The lowest BCUT2D eigenvalue weighted by Gasteiger charge is -2.32. The molecule has 3 heterocycles. The molecule has 100 valence electrons. The minimum Gasteiger partial charge on any atom is -0.367 e. The average Bonchev–Trinajstić information content (AvgIpc) is 2.94. The molecule has 0 aliphatic carbocycles. The summed E-state index contributed by atoms with van der Waals surface area (Å²) in [6.07, 6.45) is 5.90. The first-order chi connectivity index (χ1) is 9.31. The number of aryl methyl sites for hydroxylation is 1. The smallest absolute Gasteiger partial charge is 0.185 e. The van der Waals surface area contributed by atoms with Gasteiger partial charge < -0.3 is 10.2 Å². The summed E-state index contributed by atoms with van der Waals surface area (Å²) < 4.78 is 0. The maximum Gasteiger partial charge on any atom is 0.185 e. The molecule has 2 aromatic heterocycles. The van der Waals surface area contributed by atoms with Crippen LogP contribution in [0.4, 0.5) is 10.9 Å². The summed E-state index contributed by atoms with van der Waals surface area (Å²) in [4.78, 5) is 15.2. The predicted molar refractivity (Wildman–Crippen MR) is 77.7 cm³/mol. The summed E-state index contributed by atoms with van der Waals surface area (Å²) >= 11 is 1.71. The van der Waals surface area contributed by atoms with Crippen molar-refractivity contribution in [1.29, 1.82) is 0 Å². The quantitative estimate of drug-likeness (QED) is 0.931. The van der Waals surface area contributed by atoms with Crippen molar-refractivity contribution >= 4 is 22.3 Å². The first-order valence-corrected chi connectivity index (χ1v) is 7.40. The lowest BCUT2D eigenvalue weighted by atomic mass is 10.1. The monoisotopic (exact) mass is 275 g/mol. The first kappa shape index (κ1) is 12.3. The van der Waals surface area contributed by atoms with Crippen LogP contribution in [0.3, 0.4) is 0 Å². The van der Waals surface area contributed by atoms with Gasteiger partial charge in [0.25, 0.3) is 0 Å². The minimum absolute atomic E-state index is 0.491. The van der Waals surface area contributed by atoms with Gasteiger partial charge in [0.2, 0.25) is 0 Å². The number of aromatic nitrogens is 3. The Hall–Kier alpha value is -1.69. The van der Waals surface area contributed by atoms with Gasteiger partial charge in [0.15, 0.2) is 5.13 Å². The van der Waals surface area contributed by atoms with E-state index in [-0.39, 0.29) is 0 Å². The van der Waals surface area contributed by atoms with Crippen molar-refractivity contribution in [2.45, 2.75) is 25.8 Å². The van der Waals surface area contributed by atoms with E-state index < -0.39 is 0 Å². The maximum absolute atomic E-state index is 4.39. The fourth-order valence-electron chi connectivity index (χ4n) is 2.33. The highest BCUT2D eigenvalue weighted by molar-refractivity contribution is 7.13. The zero-order chi connectivity index (χ0) is 13.1. The summed E-state index contributed by atoms with van der Waals surface area (Å²) in [5, 5.41) is 6.66. The van der Waals surface area contributed by atoms with Gasteiger partial charge in [0, 0.05) is 36.9 Å². The Morgan fingerprint density at radius 1 is 1.26 bits per heavy atom. The van der Waals surface area contributed by atoms with E-state index in [2.05, 4.69) is 25.2 Å². The Kier molecular flexibility index (Phi) is 3.59. The third-order valence-corrected chi connectivity index (χ3v) is 4.15. The summed E-state index contributed by atoms with van der Waals surface area (Å²) in [6.45, 7) is 4.01. The van der Waals surface area contributed by atoms with E-state index in [0.717, 1.165) is 42.7 Å². The van der Waals surface area contributed by atoms with Crippen molar-refractivity contribution in [2.75, 3.05) is 23.3 Å². The molecule has 0 spiro atoms. The zero-order valence-electron chi connectivity index (χ0n) is 10.9. The van der Waals surface area contributed by atoms with Crippen LogP contribution in [-0.2, 0) is 0 Å². The van der Waals surface area contributed by atoms with Crippen LogP contribution in [0.5, 0.6) is 0 Å². The van der Waals surface area contributed by atoms with Gasteiger partial charge in [-0.3, -0.25) is 0 Å². The van der Waals surface area contributed by atoms with Crippen LogP contribution in [0.1, 0.15) is 18.7 Å². The fraction of sp³-hybridized carbons (Fsp3) is 0.462. The molecule has 0 radical (unpaired) electrons. The number of hydrogen-bond acceptors (Lipinski definition) is 6. The number of anilines is 2. The normalized spacial score (nSPS) is 16.6. The molecule has 0 bridgehead atoms. The standard InChI is InChI=1S/C13H17N5S/c1-10-14-5-2-12(16-10)17-11-3-7-18(8-4-11)13-15-6-9-19-13/h2,5-6,9,11H,3-4,7-8H2,1H3,(H,14,16,17). The molecule has 0 atom stereocenters. The van der Waals surface area contributed by atoms with Crippen molar-refractivity contribution in [3.8, 4) is 0 Å². The highest BCUT2D eigenvalue weighted by Gasteiger charge is 2.20. The number of piperidine rings is 1. The molecule has 1 aliphatic rings. The van der Waals surface area contributed by atoms with E-state index in [1.807, 2.05) is 24.6 Å². The molecule has 1 N–H and O–H groups in total. The van der Waals surface area contributed by atoms with Crippen LogP contribution < -0.4 is 10.2 Å². The van der Waals surface area contributed by atoms with Gasteiger partial charge in [-0.15, -0.1) is 11.3 Å². The number of hydrogen-bond donors (Lipinski definition) is 1. The highest BCUT2D eigenvalue weighted by atomic mass is 32.1. The van der Waals surface area contributed by atoms with E-state index >= 15 is 0 Å². The Labute approximate surface area is 116 Å². The van der Waals surface area contributed by atoms with Gasteiger partial charge in [0.1, 0.15) is 11.6 Å². The lowest BCUT2D eigenvalue weighted by Crippen LogP contribution is -2.39. The van der Waals surface area contributed by atoms with Crippen molar-refractivity contribution in [3.63, 3.8) is 0 Å². The van der Waals surface area contributed by atoms with E-state index in [9.17, 15) is 0 Å². The second-order valence-electron chi connectivity index (χ2n) is 4.71. The SMILES string of the molecule is Cc1nccc(NC2CCN(c3nccs3)CC2)n1. The van der Waals surface area contributed by atoms with Crippen LogP contribution in [0.15, 0.2) is 23.8 Å². The topological polar surface area (TPSA) is 53.9 Å². The molecule has 1 aliphatic heterocycles. The summed E-state index contributed by atoms with van der Waals surface area (Å²) in [5.74, 6) is 1.74. The molecular formula is C13H17N5S. The molecule has 6 heteroatoms. The van der Waals surface area contributed by atoms with Gasteiger partial charge in [-0.25, -0.2) is 15.0 Å². The zero-order valence-corrected chi connectivity index (χ0v) is 11.7. The Morgan fingerprint density at radius 3 is 2.79 bits per heavy atom. The molecule has 3 rings (SSSR count). The molecule has 0 aromatic carbocycles. The maximum atomic E-state index is 4.39.